The Balaban J connectivity index is 1.22. The maximum absolute atomic E-state index is 14.7. The predicted molar refractivity (Wildman–Crippen MR) is 198 cm³/mol. The Kier molecular flexibility index (Phi) is 9.03. The number of hydrogen-bond acceptors (Lipinski definition) is 5. The summed E-state index contributed by atoms with van der Waals surface area (Å²) in [5.74, 6) is -0.00464. The molecule has 1 atom stereocenters. The van der Waals surface area contributed by atoms with E-state index in [1.807, 2.05) is 54.8 Å². The normalized spacial score (nSPS) is 17.8. The molecule has 1 saturated heterocycles. The van der Waals surface area contributed by atoms with Crippen LogP contribution in [0.2, 0.25) is 0 Å². The molecule has 0 aliphatic carbocycles. The van der Waals surface area contributed by atoms with E-state index in [0.29, 0.717) is 49.3 Å². The number of primary amides is 1. The minimum absolute atomic E-state index is 0.00605. The van der Waals surface area contributed by atoms with Gasteiger partial charge in [0.2, 0.25) is 5.91 Å². The molecule has 2 N–H and O–H groups in total. The first-order valence-corrected chi connectivity index (χ1v) is 17.8. The molecule has 50 heavy (non-hydrogen) atoms. The highest BCUT2D eigenvalue weighted by molar-refractivity contribution is 6.03. The number of likely N-dealkylation sites (N-methyl/N-ethyl adjacent to an activating group) is 1. The molecule has 9 heteroatoms. The van der Waals surface area contributed by atoms with Gasteiger partial charge in [-0.15, -0.1) is 0 Å². The number of carbonyl (C=O) groups excluding carboxylic acids is 3. The summed E-state index contributed by atoms with van der Waals surface area (Å²) in [6, 6.07) is 20.2. The Hall–Kier alpha value is -4.89. The van der Waals surface area contributed by atoms with E-state index in [4.69, 9.17) is 5.73 Å². The molecule has 3 aliphatic rings. The molecule has 0 bridgehead atoms. The fourth-order valence-corrected chi connectivity index (χ4v) is 8.06. The second-order valence-electron chi connectivity index (χ2n) is 14.5. The minimum Gasteiger partial charge on any atom is -0.369 e. The average molecular weight is 673 g/mol. The number of hydrogen-bond donors (Lipinski definition) is 1. The van der Waals surface area contributed by atoms with E-state index in [-0.39, 0.29) is 17.9 Å². The summed E-state index contributed by atoms with van der Waals surface area (Å²) in [4.78, 5) is 50.0. The molecular weight excluding hydrogens is 624 g/mol. The topological polar surface area (TPSA) is 95.1 Å². The van der Waals surface area contributed by atoms with Gasteiger partial charge in [-0.3, -0.25) is 14.2 Å². The second-order valence-corrected chi connectivity index (χ2v) is 14.5. The molecule has 3 aromatic carbocycles. The lowest BCUT2D eigenvalue weighted by Crippen LogP contribution is -2.44. The molecule has 1 aromatic heterocycles. The summed E-state index contributed by atoms with van der Waals surface area (Å²) >= 11 is 0. The van der Waals surface area contributed by atoms with Crippen LogP contribution >= 0.6 is 0 Å². The van der Waals surface area contributed by atoms with Crippen molar-refractivity contribution in [2.75, 3.05) is 44.7 Å². The Morgan fingerprint density at radius 1 is 0.800 bits per heavy atom. The van der Waals surface area contributed by atoms with Gasteiger partial charge in [-0.2, -0.15) is 0 Å². The van der Waals surface area contributed by atoms with E-state index < -0.39 is 6.03 Å². The zero-order valence-corrected chi connectivity index (χ0v) is 30.0. The summed E-state index contributed by atoms with van der Waals surface area (Å²) in [7, 11) is 2.15. The van der Waals surface area contributed by atoms with Gasteiger partial charge in [0.25, 0.3) is 5.91 Å². The lowest BCUT2D eigenvalue weighted by molar-refractivity contribution is -0.131. The molecule has 3 amide bonds. The first kappa shape index (κ1) is 33.6. The zero-order chi connectivity index (χ0) is 35.3. The number of piperazine rings is 1. The van der Waals surface area contributed by atoms with Gasteiger partial charge in [0, 0.05) is 74.4 Å². The third-order valence-corrected chi connectivity index (χ3v) is 11.3. The number of aromatic nitrogens is 1. The highest BCUT2D eigenvalue weighted by Gasteiger charge is 2.33. The largest absolute Gasteiger partial charge is 0.369 e. The van der Waals surface area contributed by atoms with Crippen molar-refractivity contribution in [3.8, 4) is 11.3 Å². The molecule has 4 heterocycles. The van der Waals surface area contributed by atoms with E-state index in [0.717, 1.165) is 71.7 Å². The van der Waals surface area contributed by atoms with Gasteiger partial charge in [-0.1, -0.05) is 36.4 Å². The molecule has 260 valence electrons. The van der Waals surface area contributed by atoms with Crippen molar-refractivity contribution in [3.63, 3.8) is 0 Å². The van der Waals surface area contributed by atoms with E-state index in [1.165, 1.54) is 11.3 Å². The van der Waals surface area contributed by atoms with E-state index in [1.54, 1.807) is 4.57 Å². The first-order valence-electron chi connectivity index (χ1n) is 17.8. The van der Waals surface area contributed by atoms with Crippen molar-refractivity contribution in [3.05, 3.63) is 111 Å². The number of rotatable bonds is 5. The lowest BCUT2D eigenvalue weighted by Gasteiger charge is -2.36. The molecule has 0 spiro atoms. The maximum atomic E-state index is 14.7. The van der Waals surface area contributed by atoms with Crippen molar-refractivity contribution < 1.29 is 14.4 Å². The highest BCUT2D eigenvalue weighted by atomic mass is 16.2. The van der Waals surface area contributed by atoms with Gasteiger partial charge in [0.15, 0.2) is 0 Å². The van der Waals surface area contributed by atoms with Crippen LogP contribution in [0.5, 0.6) is 0 Å². The minimum atomic E-state index is -0.571. The lowest BCUT2D eigenvalue weighted by atomic mass is 9.89. The van der Waals surface area contributed by atoms with Crippen molar-refractivity contribution in [2.45, 2.75) is 66.1 Å². The fourth-order valence-electron chi connectivity index (χ4n) is 8.06. The van der Waals surface area contributed by atoms with E-state index >= 15 is 0 Å². The summed E-state index contributed by atoms with van der Waals surface area (Å²) in [5.41, 5.74) is 17.2. The summed E-state index contributed by atoms with van der Waals surface area (Å²) in [5, 5.41) is 0. The van der Waals surface area contributed by atoms with Gasteiger partial charge in [0.1, 0.15) is 0 Å². The van der Waals surface area contributed by atoms with Crippen LogP contribution in [-0.2, 0) is 37.1 Å². The van der Waals surface area contributed by atoms with Gasteiger partial charge >= 0.3 is 6.03 Å². The van der Waals surface area contributed by atoms with E-state index in [9.17, 15) is 14.4 Å². The molecule has 3 aliphatic heterocycles. The van der Waals surface area contributed by atoms with Gasteiger partial charge in [-0.05, 0) is 111 Å². The van der Waals surface area contributed by atoms with Crippen LogP contribution < -0.4 is 10.6 Å². The number of anilines is 1. The molecule has 1 fully saturated rings. The Bertz CT molecular complexity index is 1990. The molecule has 0 unspecified atom stereocenters. The molecule has 0 saturated carbocycles. The van der Waals surface area contributed by atoms with Crippen molar-refractivity contribution in [2.24, 2.45) is 5.73 Å². The highest BCUT2D eigenvalue weighted by Crippen LogP contribution is 2.37. The van der Waals surface area contributed by atoms with Crippen molar-refractivity contribution >= 4 is 23.5 Å². The van der Waals surface area contributed by atoms with Crippen LogP contribution in [-0.4, -0.2) is 82.9 Å². The van der Waals surface area contributed by atoms with Crippen LogP contribution in [0.25, 0.3) is 11.3 Å². The summed E-state index contributed by atoms with van der Waals surface area (Å²) in [6.07, 6.45) is 1.76. The van der Waals surface area contributed by atoms with Crippen LogP contribution in [0.15, 0.2) is 60.7 Å². The standard InChI is InChI=1S/C41H48N6O3/c1-26-19-31-10-6-7-11-33(31)25-46(26)40(49)37-23-34-24-45(38(48)21-30-9-8-12-35(20-30)44-17-15-43(5)16-18-44)14-13-32(34)22-36(37)39-28(3)27(2)29(4)47(39)41(42)50/h6-12,20,22-23,26H,13-19,21,24-25H2,1-5H3,(H2,42,50)/t26-/m1/s1. The Morgan fingerprint density at radius 2 is 1.54 bits per heavy atom. The first-order chi connectivity index (χ1) is 24.0. The average Bonchev–Trinajstić information content (AvgIpc) is 3.34. The third kappa shape index (κ3) is 6.19. The molecule has 9 nitrogen and oxygen atoms in total. The molecular formula is C41H48N6O3. The van der Waals surface area contributed by atoms with Crippen molar-refractivity contribution in [1.29, 1.82) is 0 Å². The zero-order valence-electron chi connectivity index (χ0n) is 30.0. The quantitative estimate of drug-likeness (QED) is 0.304. The number of carbonyl (C=O) groups is 3. The Morgan fingerprint density at radius 3 is 2.28 bits per heavy atom. The second kappa shape index (κ2) is 13.4. The van der Waals surface area contributed by atoms with Gasteiger partial charge in [0.05, 0.1) is 12.1 Å². The monoisotopic (exact) mass is 672 g/mol. The molecule has 4 aromatic rings. The van der Waals surface area contributed by atoms with Crippen LogP contribution in [0.3, 0.4) is 0 Å². The molecule has 0 radical (unpaired) electrons. The molecule has 7 rings (SSSR count). The van der Waals surface area contributed by atoms with Crippen molar-refractivity contribution in [1.82, 2.24) is 19.3 Å². The third-order valence-electron chi connectivity index (χ3n) is 11.3. The van der Waals surface area contributed by atoms with Gasteiger partial charge in [-0.25, -0.2) is 4.79 Å². The number of amides is 3. The fraction of sp³-hybridized carbons (Fsp3) is 0.390. The maximum Gasteiger partial charge on any atom is 0.323 e. The van der Waals surface area contributed by atoms with Crippen LogP contribution in [0.1, 0.15) is 61.9 Å². The number of nitrogens with zero attached hydrogens (tertiary/aromatic N) is 5. The SMILES string of the molecule is Cc1c(C)c(-c2cc3c(cc2C(=O)N2Cc4ccccc4C[C@H]2C)CN(C(=O)Cc2cccc(N4CCN(C)CC4)c2)CC3)n(C(N)=O)c1C. The number of nitrogens with two attached hydrogens (primary N) is 1. The van der Waals surface area contributed by atoms with Crippen LogP contribution in [0, 0.1) is 20.8 Å². The Labute approximate surface area is 295 Å². The summed E-state index contributed by atoms with van der Waals surface area (Å²) in [6.45, 7) is 13.5. The van der Waals surface area contributed by atoms with Gasteiger partial charge < -0.3 is 25.3 Å². The number of benzene rings is 3. The predicted octanol–water partition coefficient (Wildman–Crippen LogP) is 5.47. The smallest absolute Gasteiger partial charge is 0.323 e. The van der Waals surface area contributed by atoms with Crippen LogP contribution in [0.4, 0.5) is 10.5 Å². The summed E-state index contributed by atoms with van der Waals surface area (Å²) < 4.78 is 1.55. The number of fused-ring (bicyclic) bond motifs is 2. The van der Waals surface area contributed by atoms with E-state index in [2.05, 4.69) is 60.2 Å².